The monoisotopic (exact) mass is 317 g/mol. The molecule has 0 spiro atoms. The Bertz CT molecular complexity index is 743. The fourth-order valence-electron chi connectivity index (χ4n) is 1.52. The molecule has 2 aromatic rings. The molecule has 0 saturated heterocycles. The first-order valence-corrected chi connectivity index (χ1v) is 6.37. The molecular weight excluding hydrogens is 307 g/mol. The van der Waals surface area contributed by atoms with Crippen molar-refractivity contribution in [2.45, 2.75) is 6.18 Å². The second-order valence-electron chi connectivity index (χ2n) is 4.27. The Morgan fingerprint density at radius 3 is 2.22 bits per heavy atom. The van der Waals surface area contributed by atoms with Crippen molar-refractivity contribution in [2.24, 2.45) is 15.3 Å². The molecule has 2 rings (SSSR count). The van der Waals surface area contributed by atoms with E-state index in [2.05, 4.69) is 20.8 Å². The molecule has 0 atom stereocenters. The molecule has 0 amide bonds. The van der Waals surface area contributed by atoms with Gasteiger partial charge in [-0.3, -0.25) is 5.43 Å². The number of hydrogen-bond donors (Lipinski definition) is 1. The number of amidine groups is 1. The van der Waals surface area contributed by atoms with Gasteiger partial charge in [-0.1, -0.05) is 18.2 Å². The number of benzene rings is 2. The van der Waals surface area contributed by atoms with Crippen LogP contribution in [-0.4, -0.2) is 5.84 Å². The number of hydrazone groups is 1. The van der Waals surface area contributed by atoms with Crippen LogP contribution in [0, 0.1) is 11.3 Å². The van der Waals surface area contributed by atoms with Crippen LogP contribution < -0.4 is 5.43 Å². The summed E-state index contributed by atoms with van der Waals surface area (Å²) >= 11 is 0. The molecule has 116 valence electrons. The molecule has 0 unspecified atom stereocenters. The summed E-state index contributed by atoms with van der Waals surface area (Å²) in [6.45, 7) is 0. The molecule has 0 fully saturated rings. The van der Waals surface area contributed by atoms with Gasteiger partial charge in [-0.2, -0.15) is 18.4 Å². The van der Waals surface area contributed by atoms with Crippen LogP contribution in [0.5, 0.6) is 0 Å². The predicted octanol–water partition coefficient (Wildman–Crippen LogP) is 4.74. The number of hydrogen-bond acceptors (Lipinski definition) is 4. The second kappa shape index (κ2) is 7.17. The summed E-state index contributed by atoms with van der Waals surface area (Å²) in [6, 6.07) is 14.7. The first kappa shape index (κ1) is 16.2. The maximum Gasteiger partial charge on any atom is 0.416 e. The minimum Gasteiger partial charge on any atom is -0.276 e. The topological polar surface area (TPSA) is 72.9 Å². The highest BCUT2D eigenvalue weighted by molar-refractivity contribution is 5.97. The highest BCUT2D eigenvalue weighted by Crippen LogP contribution is 2.30. The summed E-state index contributed by atoms with van der Waals surface area (Å²) in [5.74, 6) is -0.256. The molecule has 8 heteroatoms. The number of azo groups is 1. The van der Waals surface area contributed by atoms with Crippen LogP contribution in [0.3, 0.4) is 0 Å². The molecule has 0 radical (unpaired) electrons. The van der Waals surface area contributed by atoms with Crippen LogP contribution >= 0.6 is 0 Å². The molecular formula is C15H10F3N5. The molecule has 2 aromatic carbocycles. The van der Waals surface area contributed by atoms with Crippen LogP contribution in [0.25, 0.3) is 0 Å². The number of anilines is 1. The van der Waals surface area contributed by atoms with Gasteiger partial charge in [0.25, 0.3) is 5.84 Å². The average molecular weight is 317 g/mol. The van der Waals surface area contributed by atoms with Gasteiger partial charge in [0.05, 0.1) is 16.9 Å². The van der Waals surface area contributed by atoms with Gasteiger partial charge in [0, 0.05) is 0 Å². The number of nitrogens with zero attached hydrogens (tertiary/aromatic N) is 4. The van der Waals surface area contributed by atoms with E-state index in [-0.39, 0.29) is 11.5 Å². The van der Waals surface area contributed by atoms with Gasteiger partial charge in [0.15, 0.2) is 0 Å². The lowest BCUT2D eigenvalue weighted by Gasteiger charge is -2.05. The minimum atomic E-state index is -4.41. The van der Waals surface area contributed by atoms with E-state index in [1.807, 2.05) is 6.07 Å². The van der Waals surface area contributed by atoms with E-state index in [1.165, 1.54) is 0 Å². The van der Waals surface area contributed by atoms with Crippen LogP contribution in [0.4, 0.5) is 24.5 Å². The van der Waals surface area contributed by atoms with Crippen molar-refractivity contribution in [3.8, 4) is 6.07 Å². The Kier molecular flexibility index (Phi) is 5.04. The highest BCUT2D eigenvalue weighted by Gasteiger charge is 2.29. The van der Waals surface area contributed by atoms with Crippen molar-refractivity contribution >= 4 is 17.2 Å². The number of alkyl halides is 3. The van der Waals surface area contributed by atoms with E-state index in [4.69, 9.17) is 5.26 Å². The number of rotatable bonds is 3. The minimum absolute atomic E-state index is 0.181. The fraction of sp³-hybridized carbons (Fsp3) is 0.0667. The Morgan fingerprint density at radius 2 is 1.65 bits per heavy atom. The number of para-hydroxylation sites is 1. The Balaban J connectivity index is 2.06. The first-order chi connectivity index (χ1) is 11.0. The zero-order chi connectivity index (χ0) is 16.7. The quantitative estimate of drug-likeness (QED) is 0.384. The van der Waals surface area contributed by atoms with Gasteiger partial charge in [0.2, 0.25) is 0 Å². The SMILES string of the molecule is N#CC(N=Nc1ccc(C(F)(F)F)cc1)=NNc1ccccc1. The van der Waals surface area contributed by atoms with E-state index in [1.54, 1.807) is 30.3 Å². The third-order valence-corrected chi connectivity index (χ3v) is 2.62. The van der Waals surface area contributed by atoms with Gasteiger partial charge in [0.1, 0.15) is 6.07 Å². The van der Waals surface area contributed by atoms with E-state index in [9.17, 15) is 13.2 Å². The summed E-state index contributed by atoms with van der Waals surface area (Å²) in [5.41, 5.74) is 2.68. The highest BCUT2D eigenvalue weighted by atomic mass is 19.4. The smallest absolute Gasteiger partial charge is 0.276 e. The second-order valence-corrected chi connectivity index (χ2v) is 4.27. The predicted molar refractivity (Wildman–Crippen MR) is 79.1 cm³/mol. The zero-order valence-corrected chi connectivity index (χ0v) is 11.6. The normalized spacial score (nSPS) is 12.2. The van der Waals surface area contributed by atoms with Crippen molar-refractivity contribution in [3.05, 3.63) is 60.2 Å². The van der Waals surface area contributed by atoms with Crippen molar-refractivity contribution in [2.75, 3.05) is 5.43 Å². The van der Waals surface area contributed by atoms with Gasteiger partial charge in [-0.05, 0) is 36.4 Å². The lowest BCUT2D eigenvalue weighted by Crippen LogP contribution is -2.03. The maximum atomic E-state index is 12.4. The van der Waals surface area contributed by atoms with Crippen LogP contribution in [-0.2, 0) is 6.18 Å². The average Bonchev–Trinajstić information content (AvgIpc) is 2.55. The largest absolute Gasteiger partial charge is 0.416 e. The van der Waals surface area contributed by atoms with E-state index < -0.39 is 11.7 Å². The van der Waals surface area contributed by atoms with Gasteiger partial charge in [-0.15, -0.1) is 15.3 Å². The van der Waals surface area contributed by atoms with Crippen LogP contribution in [0.1, 0.15) is 5.56 Å². The lowest BCUT2D eigenvalue weighted by atomic mass is 10.2. The molecule has 0 aliphatic heterocycles. The number of nitriles is 1. The molecule has 0 aliphatic rings. The van der Waals surface area contributed by atoms with E-state index >= 15 is 0 Å². The molecule has 5 nitrogen and oxygen atoms in total. The first-order valence-electron chi connectivity index (χ1n) is 6.37. The van der Waals surface area contributed by atoms with Gasteiger partial charge in [-0.25, -0.2) is 0 Å². The number of nitrogens with one attached hydrogen (secondary N) is 1. The summed E-state index contributed by atoms with van der Waals surface area (Å²) in [4.78, 5) is 0. The van der Waals surface area contributed by atoms with Gasteiger partial charge >= 0.3 is 6.18 Å². The van der Waals surface area contributed by atoms with Crippen molar-refractivity contribution in [3.63, 3.8) is 0 Å². The summed E-state index contributed by atoms with van der Waals surface area (Å²) in [7, 11) is 0. The van der Waals surface area contributed by atoms with E-state index in [0.29, 0.717) is 5.69 Å². The molecule has 0 aliphatic carbocycles. The third-order valence-electron chi connectivity index (χ3n) is 2.62. The Morgan fingerprint density at radius 1 is 1.00 bits per heavy atom. The van der Waals surface area contributed by atoms with Crippen molar-refractivity contribution < 1.29 is 13.2 Å². The summed E-state index contributed by atoms with van der Waals surface area (Å²) in [6.07, 6.45) is -4.41. The van der Waals surface area contributed by atoms with Gasteiger partial charge < -0.3 is 0 Å². The molecule has 0 aromatic heterocycles. The van der Waals surface area contributed by atoms with Crippen LogP contribution in [0.15, 0.2) is 69.9 Å². The summed E-state index contributed by atoms with van der Waals surface area (Å²) < 4.78 is 37.3. The Labute approximate surface area is 129 Å². The van der Waals surface area contributed by atoms with Crippen LogP contribution in [0.2, 0.25) is 0 Å². The summed E-state index contributed by atoms with van der Waals surface area (Å²) in [5, 5.41) is 19.9. The van der Waals surface area contributed by atoms with Crippen molar-refractivity contribution in [1.82, 2.24) is 0 Å². The zero-order valence-electron chi connectivity index (χ0n) is 11.6. The van der Waals surface area contributed by atoms with Crippen molar-refractivity contribution in [1.29, 1.82) is 5.26 Å². The molecule has 0 bridgehead atoms. The lowest BCUT2D eigenvalue weighted by molar-refractivity contribution is -0.137. The third kappa shape index (κ3) is 4.93. The Hall–Kier alpha value is -3.21. The number of halogens is 3. The molecule has 23 heavy (non-hydrogen) atoms. The molecule has 1 N–H and O–H groups in total. The van der Waals surface area contributed by atoms with E-state index in [0.717, 1.165) is 24.3 Å². The standard InChI is InChI=1S/C15H10F3N5/c16-15(17,18)11-6-8-13(9-7-11)21-23-14(10-19)22-20-12-4-2-1-3-5-12/h1-9,20H. The molecule has 0 heterocycles. The molecule has 0 saturated carbocycles. The fourth-order valence-corrected chi connectivity index (χ4v) is 1.52. The maximum absolute atomic E-state index is 12.4.